The van der Waals surface area contributed by atoms with Crippen LogP contribution in [-0.4, -0.2) is 23.9 Å². The van der Waals surface area contributed by atoms with Crippen LogP contribution in [0, 0.1) is 0 Å². The maximum atomic E-state index is 13.3. The van der Waals surface area contributed by atoms with Crippen molar-refractivity contribution >= 4 is 21.6 Å². The van der Waals surface area contributed by atoms with Gasteiger partial charge in [-0.15, -0.1) is 0 Å². The highest BCUT2D eigenvalue weighted by Crippen LogP contribution is 2.55. The first-order chi connectivity index (χ1) is 11.5. The largest absolute Gasteiger partial charge is 0.460 e. The molecule has 0 bridgehead atoms. The first-order valence-corrected chi connectivity index (χ1v) is 6.75. The van der Waals surface area contributed by atoms with E-state index in [0.717, 1.165) is 18.2 Å². The molecule has 0 aliphatic rings. The summed E-state index contributed by atoms with van der Waals surface area (Å²) >= 11 is 2.87. The molecule has 0 saturated carbocycles. The molecule has 2 nitrogen and oxygen atoms in total. The number of alkyl halides is 9. The molecule has 0 aromatic heterocycles. The van der Waals surface area contributed by atoms with Crippen molar-refractivity contribution < 1.29 is 53.0 Å². The zero-order valence-electron chi connectivity index (χ0n) is 11.8. The Morgan fingerprint density at radius 2 is 1.38 bits per heavy atom. The van der Waals surface area contributed by atoms with Gasteiger partial charge in [0, 0.05) is 4.47 Å². The third-order valence-electron chi connectivity index (χ3n) is 2.76. The van der Waals surface area contributed by atoms with Gasteiger partial charge < -0.3 is 10.5 Å². The maximum absolute atomic E-state index is 13.3. The summed E-state index contributed by atoms with van der Waals surface area (Å²) in [6, 6.07) is -0.402. The fourth-order valence-electron chi connectivity index (χ4n) is 1.39. The Bertz CT molecular complexity index is 714. The Balaban J connectivity index is 3.34. The number of rotatable bonds is 5. The van der Waals surface area contributed by atoms with E-state index in [1.54, 1.807) is 0 Å². The predicted molar refractivity (Wildman–Crippen MR) is 69.3 cm³/mol. The fourth-order valence-corrected chi connectivity index (χ4v) is 1.77. The average Bonchev–Trinajstić information content (AvgIpc) is 2.47. The first-order valence-electron chi connectivity index (χ1n) is 5.95. The number of ether oxygens (including phenoxy) is 1. The third-order valence-corrected chi connectivity index (χ3v) is 3.26. The molecule has 26 heavy (non-hydrogen) atoms. The van der Waals surface area contributed by atoms with Crippen LogP contribution >= 0.6 is 15.9 Å². The minimum absolute atomic E-state index is 0.244. The van der Waals surface area contributed by atoms with E-state index in [4.69, 9.17) is 5.73 Å². The summed E-state index contributed by atoms with van der Waals surface area (Å²) in [4.78, 5) is 0. The number of nitrogen functional groups attached to an aromatic ring is 1. The predicted octanol–water partition coefficient (Wildman–Crippen LogP) is 5.99. The Kier molecular flexibility index (Phi) is 5.81. The summed E-state index contributed by atoms with van der Waals surface area (Å²) in [5, 5.41) is 0. The molecule has 0 aliphatic carbocycles. The highest BCUT2D eigenvalue weighted by atomic mass is 79.9. The van der Waals surface area contributed by atoms with Gasteiger partial charge >= 0.3 is 30.0 Å². The minimum Gasteiger partial charge on any atom is -0.427 e. The van der Waals surface area contributed by atoms with Gasteiger partial charge in [0.25, 0.3) is 0 Å². The molecule has 0 atom stereocenters. The van der Waals surface area contributed by atoms with Gasteiger partial charge in [-0.2, -0.15) is 48.3 Å². The second-order valence-electron chi connectivity index (χ2n) is 4.59. The molecule has 0 radical (unpaired) electrons. The van der Waals surface area contributed by atoms with Gasteiger partial charge in [-0.3, -0.25) is 0 Å². The van der Waals surface area contributed by atoms with Crippen molar-refractivity contribution in [1.29, 1.82) is 0 Å². The van der Waals surface area contributed by atoms with Gasteiger partial charge in [0.05, 0.1) is 5.69 Å². The van der Waals surface area contributed by atoms with Crippen LogP contribution in [0.3, 0.4) is 0 Å². The highest BCUT2D eigenvalue weighted by molar-refractivity contribution is 9.10. The van der Waals surface area contributed by atoms with Crippen LogP contribution < -0.4 is 10.5 Å². The van der Waals surface area contributed by atoms with Crippen molar-refractivity contribution in [2.45, 2.75) is 23.9 Å². The Morgan fingerprint density at radius 3 is 1.81 bits per heavy atom. The molecule has 1 aromatic carbocycles. The van der Waals surface area contributed by atoms with E-state index in [2.05, 4.69) is 20.7 Å². The molecule has 0 heterocycles. The van der Waals surface area contributed by atoms with E-state index in [1.165, 1.54) is 0 Å². The monoisotopic (exact) mass is 467 g/mol. The summed E-state index contributed by atoms with van der Waals surface area (Å²) in [6.07, 6.45) is -7.17. The maximum Gasteiger partial charge on any atom is 0.460 e. The van der Waals surface area contributed by atoms with Gasteiger partial charge in [0.1, 0.15) is 0 Å². The molecule has 0 spiro atoms. The quantitative estimate of drug-likeness (QED) is 0.328. The van der Waals surface area contributed by atoms with Crippen LogP contribution in [0.1, 0.15) is 0 Å². The molecular formula is C12H5BrF11NO. The zero-order chi connectivity index (χ0) is 20.7. The van der Waals surface area contributed by atoms with Crippen LogP contribution in [0.15, 0.2) is 34.5 Å². The van der Waals surface area contributed by atoms with E-state index in [0.29, 0.717) is 0 Å². The molecule has 2 N–H and O–H groups in total. The minimum atomic E-state index is -7.38. The first kappa shape index (κ1) is 22.3. The van der Waals surface area contributed by atoms with Gasteiger partial charge in [0.2, 0.25) is 5.83 Å². The van der Waals surface area contributed by atoms with Crippen LogP contribution in [0.5, 0.6) is 5.75 Å². The van der Waals surface area contributed by atoms with Gasteiger partial charge in [-0.1, -0.05) is 15.9 Å². The lowest BCUT2D eigenvalue weighted by Crippen LogP contribution is -2.61. The van der Waals surface area contributed by atoms with E-state index in [9.17, 15) is 48.3 Å². The number of halogens is 12. The number of benzene rings is 1. The van der Waals surface area contributed by atoms with Crippen LogP contribution in [0.2, 0.25) is 0 Å². The summed E-state index contributed by atoms with van der Waals surface area (Å²) < 4.78 is 144. The summed E-state index contributed by atoms with van der Waals surface area (Å²) in [5.41, 5.74) is 4.69. The average molecular weight is 468 g/mol. The van der Waals surface area contributed by atoms with Crippen molar-refractivity contribution in [2.24, 2.45) is 0 Å². The van der Waals surface area contributed by atoms with Gasteiger partial charge in [0.15, 0.2) is 5.75 Å². The fraction of sp³-hybridized carbons (Fsp3) is 0.333. The number of allylic oxidation sites excluding steroid dienone is 1. The van der Waals surface area contributed by atoms with E-state index in [-0.39, 0.29) is 4.47 Å². The molecule has 1 aromatic rings. The summed E-state index contributed by atoms with van der Waals surface area (Å²) in [6.45, 7) is 0. The molecule has 0 unspecified atom stereocenters. The van der Waals surface area contributed by atoms with Crippen molar-refractivity contribution in [3.05, 3.63) is 34.5 Å². The number of anilines is 1. The van der Waals surface area contributed by atoms with Crippen LogP contribution in [0.4, 0.5) is 54.0 Å². The lowest BCUT2D eigenvalue weighted by Gasteiger charge is -2.32. The second-order valence-corrected chi connectivity index (χ2v) is 5.51. The standard InChI is InChI=1S/C12H5BrF11NO/c13-4-1-2-6(5(25)3-4)26-8(15)7(14)9(16,17)10(18,19)11(20,21)12(22,23)24/h1-3H,25H2. The SMILES string of the molecule is Nc1cc(Br)ccc1OC(F)=C(F)C(F)(F)C(F)(F)C(F)(F)C(F)(F)F. The number of nitrogens with two attached hydrogens (primary N) is 1. The molecule has 0 saturated heterocycles. The van der Waals surface area contributed by atoms with Crippen molar-refractivity contribution in [1.82, 2.24) is 0 Å². The normalized spacial score (nSPS) is 14.9. The van der Waals surface area contributed by atoms with Gasteiger partial charge in [-0.25, -0.2) is 0 Å². The molecular weight excluding hydrogens is 463 g/mol. The number of hydrogen-bond acceptors (Lipinski definition) is 2. The van der Waals surface area contributed by atoms with E-state index >= 15 is 0 Å². The smallest absolute Gasteiger partial charge is 0.427 e. The summed E-state index contributed by atoms with van der Waals surface area (Å²) in [7, 11) is 0. The molecule has 0 aliphatic heterocycles. The molecule has 14 heteroatoms. The molecule has 0 amide bonds. The van der Waals surface area contributed by atoms with E-state index < -0.39 is 47.2 Å². The van der Waals surface area contributed by atoms with Gasteiger partial charge in [-0.05, 0) is 18.2 Å². The molecule has 0 fully saturated rings. The second kappa shape index (κ2) is 6.78. The van der Waals surface area contributed by atoms with Crippen molar-refractivity contribution in [3.8, 4) is 5.75 Å². The summed E-state index contributed by atoms with van der Waals surface area (Å²) in [5.74, 6) is -26.5. The Hall–Kier alpha value is -1.73. The van der Waals surface area contributed by atoms with Crippen LogP contribution in [0.25, 0.3) is 0 Å². The Morgan fingerprint density at radius 1 is 0.885 bits per heavy atom. The lowest BCUT2D eigenvalue weighted by molar-refractivity contribution is -0.392. The van der Waals surface area contributed by atoms with Crippen molar-refractivity contribution in [3.63, 3.8) is 0 Å². The van der Waals surface area contributed by atoms with Crippen LogP contribution in [-0.2, 0) is 0 Å². The number of hydrogen-bond donors (Lipinski definition) is 1. The molecule has 148 valence electrons. The third kappa shape index (κ3) is 3.69. The lowest BCUT2D eigenvalue weighted by atomic mass is 10.0. The highest BCUT2D eigenvalue weighted by Gasteiger charge is 2.83. The Labute approximate surface area is 145 Å². The van der Waals surface area contributed by atoms with Crippen molar-refractivity contribution in [2.75, 3.05) is 5.73 Å². The molecule has 1 rings (SSSR count). The topological polar surface area (TPSA) is 35.2 Å². The van der Waals surface area contributed by atoms with E-state index in [1.807, 2.05) is 0 Å². The zero-order valence-corrected chi connectivity index (χ0v) is 13.3.